The number of aromatic nitrogens is 1. The summed E-state index contributed by atoms with van der Waals surface area (Å²) in [6, 6.07) is 1.84. The van der Waals surface area contributed by atoms with Gasteiger partial charge >= 0.3 is 0 Å². The number of nitrogens with zero attached hydrogens (tertiary/aromatic N) is 2. The van der Waals surface area contributed by atoms with Crippen molar-refractivity contribution in [1.82, 2.24) is 15.2 Å². The van der Waals surface area contributed by atoms with Crippen molar-refractivity contribution < 1.29 is 14.3 Å². The van der Waals surface area contributed by atoms with Crippen molar-refractivity contribution in [3.05, 3.63) is 18.0 Å². The molecular formula is C17H23N3O3. The first kappa shape index (κ1) is 14.8. The van der Waals surface area contributed by atoms with E-state index in [1.807, 2.05) is 0 Å². The molecule has 5 rings (SSSR count). The molecule has 6 nitrogen and oxygen atoms in total. The van der Waals surface area contributed by atoms with Gasteiger partial charge in [0.15, 0.2) is 11.5 Å². The van der Waals surface area contributed by atoms with Gasteiger partial charge in [0.25, 0.3) is 5.91 Å². The van der Waals surface area contributed by atoms with Crippen LogP contribution in [0.5, 0.6) is 11.5 Å². The van der Waals surface area contributed by atoms with Crippen LogP contribution in [0.15, 0.2) is 12.3 Å². The molecule has 1 aromatic rings. The van der Waals surface area contributed by atoms with E-state index in [1.165, 1.54) is 0 Å². The minimum absolute atomic E-state index is 0.00928. The van der Waals surface area contributed by atoms with Crippen LogP contribution < -0.4 is 14.8 Å². The van der Waals surface area contributed by atoms with Crippen LogP contribution in [0.4, 0.5) is 0 Å². The highest BCUT2D eigenvalue weighted by atomic mass is 16.6. The Labute approximate surface area is 136 Å². The third-order valence-electron chi connectivity index (χ3n) is 5.54. The Kier molecular flexibility index (Phi) is 3.44. The van der Waals surface area contributed by atoms with Gasteiger partial charge in [-0.15, -0.1) is 0 Å². The first-order valence-electron chi connectivity index (χ1n) is 8.37. The monoisotopic (exact) mass is 317 g/mol. The average molecular weight is 317 g/mol. The SMILES string of the molecule is CC1(C)[C@@H](NC(=O)c2cc3c(cn2)OCCO3)C2CCN1CC2. The Balaban J connectivity index is 1.53. The Morgan fingerprint density at radius 3 is 2.65 bits per heavy atom. The fourth-order valence-corrected chi connectivity index (χ4v) is 4.17. The van der Waals surface area contributed by atoms with Crippen molar-refractivity contribution in [2.75, 3.05) is 26.3 Å². The molecule has 0 saturated carbocycles. The molecule has 23 heavy (non-hydrogen) atoms. The molecule has 0 aliphatic carbocycles. The Bertz CT molecular complexity index is 624. The number of fused-ring (bicyclic) bond motifs is 4. The summed E-state index contributed by atoms with van der Waals surface area (Å²) in [5.74, 6) is 1.63. The lowest BCUT2D eigenvalue weighted by Gasteiger charge is -2.56. The summed E-state index contributed by atoms with van der Waals surface area (Å²) < 4.78 is 11.0. The summed E-state index contributed by atoms with van der Waals surface area (Å²) in [7, 11) is 0. The minimum atomic E-state index is -0.131. The molecule has 1 N–H and O–H groups in total. The van der Waals surface area contributed by atoms with E-state index in [2.05, 4.69) is 29.0 Å². The van der Waals surface area contributed by atoms with Gasteiger partial charge in [-0.25, -0.2) is 4.98 Å². The van der Waals surface area contributed by atoms with Crippen molar-refractivity contribution in [3.8, 4) is 11.5 Å². The van der Waals surface area contributed by atoms with Crippen molar-refractivity contribution in [1.29, 1.82) is 0 Å². The van der Waals surface area contributed by atoms with E-state index in [-0.39, 0.29) is 17.5 Å². The molecule has 3 fully saturated rings. The van der Waals surface area contributed by atoms with Crippen LogP contribution in [-0.4, -0.2) is 53.7 Å². The van der Waals surface area contributed by atoms with Gasteiger partial charge in [0.05, 0.1) is 6.20 Å². The van der Waals surface area contributed by atoms with Gasteiger partial charge in [-0.3, -0.25) is 9.69 Å². The number of hydrogen-bond acceptors (Lipinski definition) is 5. The number of hydrogen-bond donors (Lipinski definition) is 1. The fourth-order valence-electron chi connectivity index (χ4n) is 4.17. The molecular weight excluding hydrogens is 294 g/mol. The number of amides is 1. The summed E-state index contributed by atoms with van der Waals surface area (Å²) >= 11 is 0. The predicted molar refractivity (Wildman–Crippen MR) is 84.9 cm³/mol. The number of carbonyl (C=O) groups is 1. The zero-order chi connectivity index (χ0) is 16.0. The second-order valence-electron chi connectivity index (χ2n) is 7.14. The molecule has 124 valence electrons. The molecule has 4 aliphatic heterocycles. The van der Waals surface area contributed by atoms with E-state index in [0.717, 1.165) is 25.9 Å². The van der Waals surface area contributed by atoms with Crippen LogP contribution >= 0.6 is 0 Å². The van der Waals surface area contributed by atoms with Crippen LogP contribution in [-0.2, 0) is 0 Å². The van der Waals surface area contributed by atoms with Crippen LogP contribution in [0.2, 0.25) is 0 Å². The molecule has 1 atom stereocenters. The predicted octanol–water partition coefficient (Wildman–Crippen LogP) is 1.46. The topological polar surface area (TPSA) is 63.7 Å². The smallest absolute Gasteiger partial charge is 0.270 e. The summed E-state index contributed by atoms with van der Waals surface area (Å²) in [5.41, 5.74) is 0.381. The molecule has 3 saturated heterocycles. The highest BCUT2D eigenvalue weighted by Gasteiger charge is 2.48. The number of rotatable bonds is 2. The molecule has 6 heteroatoms. The quantitative estimate of drug-likeness (QED) is 0.894. The third-order valence-corrected chi connectivity index (χ3v) is 5.54. The molecule has 0 spiro atoms. The zero-order valence-corrected chi connectivity index (χ0v) is 13.7. The first-order chi connectivity index (χ1) is 11.1. The lowest BCUT2D eigenvalue weighted by atomic mass is 9.72. The molecule has 0 radical (unpaired) electrons. The second-order valence-corrected chi connectivity index (χ2v) is 7.14. The zero-order valence-electron chi connectivity index (χ0n) is 13.7. The van der Waals surface area contributed by atoms with Crippen molar-refractivity contribution in [2.24, 2.45) is 5.92 Å². The van der Waals surface area contributed by atoms with Gasteiger partial charge < -0.3 is 14.8 Å². The second kappa shape index (κ2) is 5.37. The van der Waals surface area contributed by atoms with Crippen LogP contribution in [0.3, 0.4) is 0 Å². The Morgan fingerprint density at radius 2 is 1.96 bits per heavy atom. The summed E-state index contributed by atoms with van der Waals surface area (Å²) in [4.78, 5) is 19.4. The van der Waals surface area contributed by atoms with E-state index in [0.29, 0.717) is 36.3 Å². The normalized spacial score (nSPS) is 30.8. The van der Waals surface area contributed by atoms with Gasteiger partial charge in [-0.1, -0.05) is 0 Å². The van der Waals surface area contributed by atoms with Gasteiger partial charge in [0.2, 0.25) is 0 Å². The Morgan fingerprint density at radius 1 is 1.26 bits per heavy atom. The lowest BCUT2D eigenvalue weighted by molar-refractivity contribution is -0.0378. The van der Waals surface area contributed by atoms with Crippen molar-refractivity contribution >= 4 is 5.91 Å². The molecule has 2 bridgehead atoms. The number of ether oxygens (including phenoxy) is 2. The van der Waals surface area contributed by atoms with Crippen LogP contribution in [0.1, 0.15) is 37.2 Å². The molecule has 5 heterocycles. The van der Waals surface area contributed by atoms with Crippen molar-refractivity contribution in [3.63, 3.8) is 0 Å². The van der Waals surface area contributed by atoms with Gasteiger partial charge in [0.1, 0.15) is 18.9 Å². The maximum Gasteiger partial charge on any atom is 0.270 e. The highest BCUT2D eigenvalue weighted by Crippen LogP contribution is 2.39. The Hall–Kier alpha value is -1.82. The minimum Gasteiger partial charge on any atom is -0.486 e. The molecule has 0 aromatic carbocycles. The van der Waals surface area contributed by atoms with Gasteiger partial charge in [0, 0.05) is 17.6 Å². The molecule has 4 aliphatic rings. The maximum atomic E-state index is 12.7. The summed E-state index contributed by atoms with van der Waals surface area (Å²) in [6.45, 7) is 7.73. The summed E-state index contributed by atoms with van der Waals surface area (Å²) in [5, 5.41) is 3.22. The standard InChI is InChI=1S/C17H23N3O3/c1-17(2)15(11-3-5-20(17)6-4-11)19-16(21)12-9-13-14(10-18-12)23-8-7-22-13/h9-11,15H,3-8H2,1-2H3,(H,19,21)/t15-/m0/s1. The number of nitrogens with one attached hydrogen (secondary N) is 1. The van der Waals surface area contributed by atoms with E-state index in [1.54, 1.807) is 12.3 Å². The molecule has 1 amide bonds. The third kappa shape index (κ3) is 2.45. The van der Waals surface area contributed by atoms with E-state index in [9.17, 15) is 4.79 Å². The fraction of sp³-hybridized carbons (Fsp3) is 0.647. The van der Waals surface area contributed by atoms with Gasteiger partial charge in [-0.2, -0.15) is 0 Å². The maximum absolute atomic E-state index is 12.7. The largest absolute Gasteiger partial charge is 0.486 e. The number of carbonyl (C=O) groups excluding carboxylic acids is 1. The van der Waals surface area contributed by atoms with E-state index in [4.69, 9.17) is 9.47 Å². The van der Waals surface area contributed by atoms with Crippen molar-refractivity contribution in [2.45, 2.75) is 38.3 Å². The average Bonchev–Trinajstić information content (AvgIpc) is 2.58. The highest BCUT2D eigenvalue weighted by molar-refractivity contribution is 5.93. The van der Waals surface area contributed by atoms with Crippen LogP contribution in [0.25, 0.3) is 0 Å². The lowest BCUT2D eigenvalue weighted by Crippen LogP contribution is -2.69. The number of piperidine rings is 3. The van der Waals surface area contributed by atoms with Crippen LogP contribution in [0, 0.1) is 5.92 Å². The van der Waals surface area contributed by atoms with E-state index < -0.39 is 0 Å². The first-order valence-corrected chi connectivity index (χ1v) is 8.37. The summed E-state index contributed by atoms with van der Waals surface area (Å²) in [6.07, 6.45) is 3.89. The molecule has 0 unspecified atom stereocenters. The number of pyridine rings is 1. The van der Waals surface area contributed by atoms with E-state index >= 15 is 0 Å². The van der Waals surface area contributed by atoms with Gasteiger partial charge in [-0.05, 0) is 45.7 Å². The molecule has 1 aromatic heterocycles.